The molecule has 58 valence electrons. The van der Waals surface area contributed by atoms with Crippen LogP contribution < -0.4 is 0 Å². The van der Waals surface area contributed by atoms with Crippen LogP contribution in [0, 0.1) is 6.92 Å². The first-order valence-corrected chi connectivity index (χ1v) is 4.06. The van der Waals surface area contributed by atoms with Crippen molar-refractivity contribution in [2.24, 2.45) is 0 Å². The average molecular weight is 169 g/mol. The third-order valence-electron chi connectivity index (χ3n) is 1.88. The molecule has 1 atom stereocenters. The first-order chi connectivity index (χ1) is 5.27. The number of aromatic nitrogens is 2. The van der Waals surface area contributed by atoms with E-state index >= 15 is 0 Å². The van der Waals surface area contributed by atoms with E-state index in [0.29, 0.717) is 0 Å². The minimum Gasteiger partial charge on any atom is -0.308 e. The van der Waals surface area contributed by atoms with Crippen LogP contribution in [0.5, 0.6) is 0 Å². The predicted molar refractivity (Wildman–Crippen MR) is 45.6 cm³/mol. The summed E-state index contributed by atoms with van der Waals surface area (Å²) in [6.45, 7) is 2.04. The molecule has 1 unspecified atom stereocenters. The number of imidazole rings is 1. The highest BCUT2D eigenvalue weighted by Gasteiger charge is 2.13. The zero-order valence-corrected chi connectivity index (χ0v) is 7.04. The fourth-order valence-corrected chi connectivity index (χ4v) is 1.48. The van der Waals surface area contributed by atoms with Crippen LogP contribution in [-0.2, 0) is 6.42 Å². The number of rotatable bonds is 0. The first-order valence-electron chi connectivity index (χ1n) is 3.62. The molecule has 0 bridgehead atoms. The molecule has 1 aromatic rings. The standard InChI is InChI=1S/C8H9ClN2/c1-6-5-10-8-4-7(9)2-3-11(6)8/h2-3,5,7H,4H2,1H3. The Kier molecular flexibility index (Phi) is 1.50. The lowest BCUT2D eigenvalue weighted by Gasteiger charge is -2.12. The molecule has 0 radical (unpaired) electrons. The van der Waals surface area contributed by atoms with Gasteiger partial charge in [0.1, 0.15) is 5.82 Å². The molecule has 0 fully saturated rings. The third-order valence-corrected chi connectivity index (χ3v) is 2.18. The maximum atomic E-state index is 5.91. The third kappa shape index (κ3) is 1.07. The van der Waals surface area contributed by atoms with Crippen molar-refractivity contribution in [3.05, 3.63) is 23.8 Å². The van der Waals surface area contributed by atoms with Crippen molar-refractivity contribution < 1.29 is 0 Å². The molecular formula is C8H9ClN2. The lowest BCUT2D eigenvalue weighted by atomic mass is 10.2. The summed E-state index contributed by atoms with van der Waals surface area (Å²) < 4.78 is 2.07. The van der Waals surface area contributed by atoms with Gasteiger partial charge in [0.05, 0.1) is 5.38 Å². The maximum absolute atomic E-state index is 5.91. The Balaban J connectivity index is 2.48. The van der Waals surface area contributed by atoms with Gasteiger partial charge < -0.3 is 4.57 Å². The number of hydrogen-bond acceptors (Lipinski definition) is 1. The number of allylic oxidation sites excluding steroid dienone is 1. The molecule has 3 heteroatoms. The van der Waals surface area contributed by atoms with Gasteiger partial charge in [-0.25, -0.2) is 4.98 Å². The zero-order valence-electron chi connectivity index (χ0n) is 6.29. The molecule has 1 aromatic heterocycles. The molecule has 1 aliphatic heterocycles. The summed E-state index contributed by atoms with van der Waals surface area (Å²) >= 11 is 5.91. The van der Waals surface area contributed by atoms with Gasteiger partial charge in [-0.05, 0) is 13.0 Å². The van der Waals surface area contributed by atoms with Gasteiger partial charge in [-0.2, -0.15) is 0 Å². The van der Waals surface area contributed by atoms with Crippen LogP contribution in [0.4, 0.5) is 0 Å². The molecule has 0 amide bonds. The van der Waals surface area contributed by atoms with Crippen LogP contribution in [0.25, 0.3) is 6.20 Å². The molecule has 0 N–H and O–H groups in total. The van der Waals surface area contributed by atoms with E-state index in [9.17, 15) is 0 Å². The molecule has 2 rings (SSSR count). The Labute approximate surface area is 70.5 Å². The second-order valence-corrected chi connectivity index (χ2v) is 3.31. The van der Waals surface area contributed by atoms with E-state index in [-0.39, 0.29) is 5.38 Å². The van der Waals surface area contributed by atoms with Gasteiger partial charge in [-0.3, -0.25) is 0 Å². The molecule has 2 heterocycles. The summed E-state index contributed by atoms with van der Waals surface area (Å²) in [6.07, 6.45) is 6.68. The van der Waals surface area contributed by atoms with Gasteiger partial charge in [0.15, 0.2) is 0 Å². The molecule has 0 spiro atoms. The first kappa shape index (κ1) is 6.92. The number of nitrogens with zero attached hydrogens (tertiary/aromatic N) is 2. The zero-order chi connectivity index (χ0) is 7.84. The van der Waals surface area contributed by atoms with Crippen molar-refractivity contribution in [1.82, 2.24) is 9.55 Å². The topological polar surface area (TPSA) is 17.8 Å². The lowest BCUT2D eigenvalue weighted by Crippen LogP contribution is -2.11. The molecule has 0 aromatic carbocycles. The number of halogens is 1. The summed E-state index contributed by atoms with van der Waals surface area (Å²) in [7, 11) is 0. The van der Waals surface area contributed by atoms with Gasteiger partial charge in [0.2, 0.25) is 0 Å². The monoisotopic (exact) mass is 168 g/mol. The van der Waals surface area contributed by atoms with Crippen LogP contribution in [0.1, 0.15) is 11.5 Å². The fraction of sp³-hybridized carbons (Fsp3) is 0.375. The maximum Gasteiger partial charge on any atom is 0.114 e. The second-order valence-electron chi connectivity index (χ2n) is 2.75. The number of fused-ring (bicyclic) bond motifs is 1. The Morgan fingerprint density at radius 3 is 3.36 bits per heavy atom. The van der Waals surface area contributed by atoms with Gasteiger partial charge in [0.25, 0.3) is 0 Å². The predicted octanol–water partition coefficient (Wildman–Crippen LogP) is 1.83. The van der Waals surface area contributed by atoms with E-state index in [0.717, 1.165) is 12.2 Å². The molecule has 0 aliphatic carbocycles. The van der Waals surface area contributed by atoms with Crippen LogP contribution in [0.2, 0.25) is 0 Å². The molecule has 0 saturated heterocycles. The van der Waals surface area contributed by atoms with E-state index in [4.69, 9.17) is 11.6 Å². The van der Waals surface area contributed by atoms with E-state index < -0.39 is 0 Å². The largest absolute Gasteiger partial charge is 0.308 e. The quantitative estimate of drug-likeness (QED) is 0.541. The van der Waals surface area contributed by atoms with Crippen molar-refractivity contribution in [1.29, 1.82) is 0 Å². The molecule has 2 nitrogen and oxygen atoms in total. The Hall–Kier alpha value is -0.760. The SMILES string of the molecule is Cc1cnc2n1C=CC(Cl)C2. The van der Waals surface area contributed by atoms with Crippen LogP contribution in [-0.4, -0.2) is 14.9 Å². The summed E-state index contributed by atoms with van der Waals surface area (Å²) in [5.41, 5.74) is 1.17. The molecule has 1 aliphatic rings. The van der Waals surface area contributed by atoms with E-state index in [1.54, 1.807) is 0 Å². The lowest BCUT2D eigenvalue weighted by molar-refractivity contribution is 0.832. The molecule has 0 saturated carbocycles. The van der Waals surface area contributed by atoms with Crippen molar-refractivity contribution in [3.63, 3.8) is 0 Å². The average Bonchev–Trinajstić information content (AvgIpc) is 2.32. The van der Waals surface area contributed by atoms with Gasteiger partial charge in [0, 0.05) is 24.5 Å². The van der Waals surface area contributed by atoms with E-state index in [1.807, 2.05) is 25.4 Å². The van der Waals surface area contributed by atoms with Crippen molar-refractivity contribution >= 4 is 17.8 Å². The fourth-order valence-electron chi connectivity index (χ4n) is 1.27. The van der Waals surface area contributed by atoms with Gasteiger partial charge in [-0.1, -0.05) is 0 Å². The van der Waals surface area contributed by atoms with Crippen molar-refractivity contribution in [2.75, 3.05) is 0 Å². The van der Waals surface area contributed by atoms with E-state index in [1.165, 1.54) is 5.69 Å². The van der Waals surface area contributed by atoms with E-state index in [2.05, 4.69) is 9.55 Å². The summed E-state index contributed by atoms with van der Waals surface area (Å²) in [6, 6.07) is 0. The van der Waals surface area contributed by atoms with Crippen molar-refractivity contribution in [3.8, 4) is 0 Å². The highest BCUT2D eigenvalue weighted by Crippen LogP contribution is 2.16. The summed E-state index contributed by atoms with van der Waals surface area (Å²) in [5, 5.41) is 0.115. The summed E-state index contributed by atoms with van der Waals surface area (Å²) in [4.78, 5) is 4.23. The van der Waals surface area contributed by atoms with Crippen LogP contribution >= 0.6 is 11.6 Å². The second kappa shape index (κ2) is 2.38. The molecular weight excluding hydrogens is 160 g/mol. The summed E-state index contributed by atoms with van der Waals surface area (Å²) in [5.74, 6) is 1.06. The normalized spacial score (nSPS) is 21.8. The van der Waals surface area contributed by atoms with Crippen LogP contribution in [0.3, 0.4) is 0 Å². The van der Waals surface area contributed by atoms with Gasteiger partial charge >= 0.3 is 0 Å². The van der Waals surface area contributed by atoms with Gasteiger partial charge in [-0.15, -0.1) is 11.6 Å². The van der Waals surface area contributed by atoms with Crippen molar-refractivity contribution in [2.45, 2.75) is 18.7 Å². The minimum atomic E-state index is 0.115. The number of hydrogen-bond donors (Lipinski definition) is 0. The molecule has 11 heavy (non-hydrogen) atoms. The number of alkyl halides is 1. The highest BCUT2D eigenvalue weighted by atomic mass is 35.5. The Morgan fingerprint density at radius 2 is 2.55 bits per heavy atom. The highest BCUT2D eigenvalue weighted by molar-refractivity contribution is 6.22. The van der Waals surface area contributed by atoms with Crippen LogP contribution in [0.15, 0.2) is 12.3 Å². The Morgan fingerprint density at radius 1 is 1.73 bits per heavy atom. The minimum absolute atomic E-state index is 0.115. The number of aryl methyl sites for hydroxylation is 1. The Bertz CT molecular complexity index is 301. The smallest absolute Gasteiger partial charge is 0.114 e.